The summed E-state index contributed by atoms with van der Waals surface area (Å²) in [6, 6.07) is 10.6. The zero-order valence-electron chi connectivity index (χ0n) is 8.87. The Balaban J connectivity index is 2.23. The largest absolute Gasteiger partial charge is 0.321 e. The molecule has 0 aromatic heterocycles. The van der Waals surface area contributed by atoms with E-state index in [0.29, 0.717) is 0 Å². The van der Waals surface area contributed by atoms with Gasteiger partial charge in [0.1, 0.15) is 0 Å². The number of hydrogen-bond donors (Lipinski definition) is 1. The lowest BCUT2D eigenvalue weighted by atomic mass is 9.73. The van der Waals surface area contributed by atoms with Crippen LogP contribution in [0.2, 0.25) is 0 Å². The van der Waals surface area contributed by atoms with E-state index in [1.807, 2.05) is 0 Å². The fourth-order valence-corrected chi connectivity index (χ4v) is 2.62. The van der Waals surface area contributed by atoms with Crippen molar-refractivity contribution in [2.75, 3.05) is 0 Å². The highest BCUT2D eigenvalue weighted by Crippen LogP contribution is 2.37. The van der Waals surface area contributed by atoms with Crippen molar-refractivity contribution in [2.45, 2.75) is 38.1 Å². The van der Waals surface area contributed by atoms with Crippen molar-refractivity contribution in [2.24, 2.45) is 11.7 Å². The topological polar surface area (TPSA) is 26.0 Å². The van der Waals surface area contributed by atoms with Crippen LogP contribution in [0.4, 0.5) is 0 Å². The molecule has 1 aromatic rings. The van der Waals surface area contributed by atoms with E-state index in [1.165, 1.54) is 18.4 Å². The van der Waals surface area contributed by atoms with E-state index < -0.39 is 0 Å². The smallest absolute Gasteiger partial charge is 0.0412 e. The van der Waals surface area contributed by atoms with Gasteiger partial charge in [0.05, 0.1) is 0 Å². The molecular formula is C13H19N. The van der Waals surface area contributed by atoms with E-state index in [2.05, 4.69) is 37.3 Å². The standard InChI is InChI=1S/C13H19N/c1-11-6-5-9-13(14,10-11)12-7-3-2-4-8-12/h2-4,7-8,11H,5-6,9-10,14H2,1H3/t11-,13-/m1/s1. The highest BCUT2D eigenvalue weighted by atomic mass is 14.7. The monoisotopic (exact) mass is 189 g/mol. The highest BCUT2D eigenvalue weighted by molar-refractivity contribution is 5.24. The second-order valence-corrected chi connectivity index (χ2v) is 4.72. The molecule has 2 rings (SSSR count). The zero-order chi connectivity index (χ0) is 10.0. The van der Waals surface area contributed by atoms with Gasteiger partial charge in [-0.05, 0) is 24.3 Å². The van der Waals surface area contributed by atoms with Gasteiger partial charge in [0.15, 0.2) is 0 Å². The van der Waals surface area contributed by atoms with E-state index >= 15 is 0 Å². The maximum atomic E-state index is 6.47. The summed E-state index contributed by atoms with van der Waals surface area (Å²) < 4.78 is 0. The summed E-state index contributed by atoms with van der Waals surface area (Å²) in [6.07, 6.45) is 4.89. The zero-order valence-corrected chi connectivity index (χ0v) is 8.87. The van der Waals surface area contributed by atoms with Crippen LogP contribution < -0.4 is 5.73 Å². The van der Waals surface area contributed by atoms with Gasteiger partial charge in [0.25, 0.3) is 0 Å². The van der Waals surface area contributed by atoms with Gasteiger partial charge in [-0.3, -0.25) is 0 Å². The molecule has 1 aliphatic rings. The predicted molar refractivity (Wildman–Crippen MR) is 59.9 cm³/mol. The van der Waals surface area contributed by atoms with E-state index in [9.17, 15) is 0 Å². The van der Waals surface area contributed by atoms with Crippen molar-refractivity contribution in [3.63, 3.8) is 0 Å². The Labute approximate surface area is 86.3 Å². The van der Waals surface area contributed by atoms with Crippen LogP contribution >= 0.6 is 0 Å². The molecule has 2 atom stereocenters. The molecule has 0 aliphatic heterocycles. The molecule has 1 fully saturated rings. The Morgan fingerprint density at radius 1 is 1.29 bits per heavy atom. The summed E-state index contributed by atoms with van der Waals surface area (Å²) in [6.45, 7) is 2.31. The summed E-state index contributed by atoms with van der Waals surface area (Å²) >= 11 is 0. The Hall–Kier alpha value is -0.820. The Kier molecular flexibility index (Phi) is 2.60. The van der Waals surface area contributed by atoms with Crippen molar-refractivity contribution in [1.29, 1.82) is 0 Å². The fraction of sp³-hybridized carbons (Fsp3) is 0.538. The lowest BCUT2D eigenvalue weighted by Gasteiger charge is -2.37. The van der Waals surface area contributed by atoms with Crippen LogP contribution in [-0.2, 0) is 5.54 Å². The maximum Gasteiger partial charge on any atom is 0.0412 e. The van der Waals surface area contributed by atoms with Crippen molar-refractivity contribution >= 4 is 0 Å². The van der Waals surface area contributed by atoms with Crippen LogP contribution in [0.5, 0.6) is 0 Å². The summed E-state index contributed by atoms with van der Waals surface area (Å²) in [5, 5.41) is 0. The number of rotatable bonds is 1. The van der Waals surface area contributed by atoms with Crippen molar-refractivity contribution in [3.05, 3.63) is 35.9 Å². The lowest BCUT2D eigenvalue weighted by Crippen LogP contribution is -2.40. The normalized spacial score (nSPS) is 32.9. The van der Waals surface area contributed by atoms with E-state index in [-0.39, 0.29) is 5.54 Å². The fourth-order valence-electron chi connectivity index (χ4n) is 2.62. The van der Waals surface area contributed by atoms with Crippen LogP contribution in [0.25, 0.3) is 0 Å². The first kappa shape index (κ1) is 9.72. The third-order valence-corrected chi connectivity index (χ3v) is 3.38. The third-order valence-electron chi connectivity index (χ3n) is 3.38. The third kappa shape index (κ3) is 1.83. The van der Waals surface area contributed by atoms with Crippen molar-refractivity contribution in [1.82, 2.24) is 0 Å². The molecule has 1 heteroatoms. The van der Waals surface area contributed by atoms with Crippen molar-refractivity contribution in [3.8, 4) is 0 Å². The number of hydrogen-bond acceptors (Lipinski definition) is 1. The van der Waals surface area contributed by atoms with Gasteiger partial charge in [-0.25, -0.2) is 0 Å². The summed E-state index contributed by atoms with van der Waals surface area (Å²) in [5.41, 5.74) is 7.73. The van der Waals surface area contributed by atoms with E-state index in [4.69, 9.17) is 5.73 Å². The van der Waals surface area contributed by atoms with Gasteiger partial charge in [0, 0.05) is 5.54 Å². The molecule has 2 N–H and O–H groups in total. The molecule has 0 amide bonds. The van der Waals surface area contributed by atoms with Gasteiger partial charge in [-0.2, -0.15) is 0 Å². The first-order valence-electron chi connectivity index (χ1n) is 5.55. The minimum atomic E-state index is -0.0566. The molecule has 0 unspecified atom stereocenters. The molecule has 0 spiro atoms. The molecule has 0 saturated heterocycles. The molecule has 0 heterocycles. The maximum absolute atomic E-state index is 6.47. The van der Waals surface area contributed by atoms with E-state index in [0.717, 1.165) is 18.8 Å². The Morgan fingerprint density at radius 3 is 2.64 bits per heavy atom. The van der Waals surface area contributed by atoms with Crippen LogP contribution in [0, 0.1) is 5.92 Å². The Bertz CT molecular complexity index is 293. The van der Waals surface area contributed by atoms with Gasteiger partial charge < -0.3 is 5.73 Å². The molecule has 0 radical (unpaired) electrons. The van der Waals surface area contributed by atoms with Crippen LogP contribution in [-0.4, -0.2) is 0 Å². The number of nitrogens with two attached hydrogens (primary N) is 1. The predicted octanol–water partition coefficient (Wildman–Crippen LogP) is 3.05. The highest BCUT2D eigenvalue weighted by Gasteiger charge is 2.32. The van der Waals surface area contributed by atoms with E-state index in [1.54, 1.807) is 0 Å². The molecule has 1 aliphatic carbocycles. The second-order valence-electron chi connectivity index (χ2n) is 4.72. The average Bonchev–Trinajstić information content (AvgIpc) is 2.19. The minimum absolute atomic E-state index is 0.0566. The van der Waals surface area contributed by atoms with Gasteiger partial charge in [-0.15, -0.1) is 0 Å². The summed E-state index contributed by atoms with van der Waals surface area (Å²) in [7, 11) is 0. The Morgan fingerprint density at radius 2 is 2.00 bits per heavy atom. The lowest BCUT2D eigenvalue weighted by molar-refractivity contribution is 0.239. The first-order chi connectivity index (χ1) is 6.71. The molecule has 76 valence electrons. The first-order valence-corrected chi connectivity index (χ1v) is 5.55. The van der Waals surface area contributed by atoms with Crippen LogP contribution in [0.1, 0.15) is 38.2 Å². The summed E-state index contributed by atoms with van der Waals surface area (Å²) in [4.78, 5) is 0. The molecule has 1 nitrogen and oxygen atoms in total. The minimum Gasteiger partial charge on any atom is -0.321 e. The van der Waals surface area contributed by atoms with Crippen LogP contribution in [0.3, 0.4) is 0 Å². The average molecular weight is 189 g/mol. The van der Waals surface area contributed by atoms with Gasteiger partial charge >= 0.3 is 0 Å². The second kappa shape index (κ2) is 3.74. The summed E-state index contributed by atoms with van der Waals surface area (Å²) in [5.74, 6) is 0.772. The number of benzene rings is 1. The molecule has 14 heavy (non-hydrogen) atoms. The van der Waals surface area contributed by atoms with Crippen molar-refractivity contribution < 1.29 is 0 Å². The molecule has 0 bridgehead atoms. The molecule has 1 aromatic carbocycles. The SMILES string of the molecule is C[C@@H]1CCC[C@](N)(c2ccccc2)C1. The quantitative estimate of drug-likeness (QED) is 0.722. The molecular weight excluding hydrogens is 170 g/mol. The van der Waals surface area contributed by atoms with Crippen LogP contribution in [0.15, 0.2) is 30.3 Å². The molecule has 1 saturated carbocycles. The van der Waals surface area contributed by atoms with Gasteiger partial charge in [-0.1, -0.05) is 50.1 Å². The van der Waals surface area contributed by atoms with Gasteiger partial charge in [0.2, 0.25) is 0 Å².